The topological polar surface area (TPSA) is 82.8 Å². The molecule has 0 amide bonds. The summed E-state index contributed by atoms with van der Waals surface area (Å²) in [6.07, 6.45) is 6.11. The standard InChI is InChI=1S/C25H24Br2ClN3O4/c1-14(25(33)34-2)35-22-19(27)10-15(11-20(22)28)13-29-31-23(16-6-4-3-5-7-16)30-21-9-8-17(26)12-18(21)24(31)32/h8-14,16H,3-7H2,1-2H3/t14-/m0/s1. The Hall–Kier alpha value is -2.23. The van der Waals surface area contributed by atoms with E-state index in [1.807, 2.05) is 12.1 Å². The maximum Gasteiger partial charge on any atom is 0.346 e. The second-order valence-corrected chi connectivity index (χ2v) is 10.6. The molecule has 2 aromatic carbocycles. The second-order valence-electron chi connectivity index (χ2n) is 8.42. The van der Waals surface area contributed by atoms with Crippen molar-refractivity contribution in [2.24, 2.45) is 5.10 Å². The van der Waals surface area contributed by atoms with E-state index in [9.17, 15) is 9.59 Å². The normalized spacial score (nSPS) is 15.5. The number of methoxy groups -OCH3 is 1. The van der Waals surface area contributed by atoms with Crippen LogP contribution in [0.15, 0.2) is 49.2 Å². The number of ether oxygens (including phenoxy) is 2. The molecular formula is C25H24Br2ClN3O4. The van der Waals surface area contributed by atoms with Crippen molar-refractivity contribution < 1.29 is 14.3 Å². The molecular weight excluding hydrogens is 602 g/mol. The number of hydrogen-bond donors (Lipinski definition) is 0. The van der Waals surface area contributed by atoms with Gasteiger partial charge < -0.3 is 9.47 Å². The lowest BCUT2D eigenvalue weighted by atomic mass is 9.88. The van der Waals surface area contributed by atoms with Crippen LogP contribution in [0.2, 0.25) is 5.02 Å². The molecule has 1 heterocycles. The lowest BCUT2D eigenvalue weighted by Gasteiger charge is -2.22. The van der Waals surface area contributed by atoms with E-state index in [1.54, 1.807) is 31.3 Å². The number of halogens is 3. The van der Waals surface area contributed by atoms with Crippen molar-refractivity contribution in [2.75, 3.05) is 7.11 Å². The number of rotatable bonds is 6. The van der Waals surface area contributed by atoms with Crippen molar-refractivity contribution >= 4 is 66.5 Å². The van der Waals surface area contributed by atoms with Gasteiger partial charge in [0.2, 0.25) is 0 Å². The molecule has 0 spiro atoms. The fourth-order valence-electron chi connectivity index (χ4n) is 4.18. The number of nitrogens with zero attached hydrogens (tertiary/aromatic N) is 3. The Morgan fingerprint density at radius 3 is 2.66 bits per heavy atom. The number of carbonyl (C=O) groups excluding carboxylic acids is 1. The van der Waals surface area contributed by atoms with E-state index in [1.165, 1.54) is 18.2 Å². The molecule has 7 nitrogen and oxygen atoms in total. The monoisotopic (exact) mass is 623 g/mol. The number of hydrogen-bond acceptors (Lipinski definition) is 6. The Bertz CT molecular complexity index is 1330. The fraction of sp³-hybridized carbons (Fsp3) is 0.360. The zero-order valence-corrected chi connectivity index (χ0v) is 23.2. The minimum absolute atomic E-state index is 0.174. The molecule has 35 heavy (non-hydrogen) atoms. The summed E-state index contributed by atoms with van der Waals surface area (Å²) in [4.78, 5) is 30.0. The zero-order valence-electron chi connectivity index (χ0n) is 19.3. The SMILES string of the molecule is COC(=O)[C@H](C)Oc1c(Cl)cc(C=Nn2c(C3CCCCC3)nc3ccc(Br)cc3c2=O)cc1Br. The van der Waals surface area contributed by atoms with Crippen LogP contribution in [0.25, 0.3) is 10.9 Å². The zero-order chi connectivity index (χ0) is 25.1. The number of fused-ring (bicyclic) bond motifs is 1. The van der Waals surface area contributed by atoms with Crippen LogP contribution >= 0.6 is 43.5 Å². The predicted molar refractivity (Wildman–Crippen MR) is 144 cm³/mol. The van der Waals surface area contributed by atoms with E-state index in [0.29, 0.717) is 32.5 Å². The Kier molecular flexibility index (Phi) is 8.29. The van der Waals surface area contributed by atoms with Crippen molar-refractivity contribution in [1.29, 1.82) is 0 Å². The van der Waals surface area contributed by atoms with E-state index >= 15 is 0 Å². The summed E-state index contributed by atoms with van der Waals surface area (Å²) in [5.74, 6) is 0.660. The maximum atomic E-state index is 13.5. The third-order valence-corrected chi connectivity index (χ3v) is 7.34. The molecule has 4 rings (SSSR count). The summed E-state index contributed by atoms with van der Waals surface area (Å²) < 4.78 is 13.1. The smallest absolute Gasteiger partial charge is 0.346 e. The highest BCUT2D eigenvalue weighted by Crippen LogP contribution is 2.35. The van der Waals surface area contributed by atoms with Crippen molar-refractivity contribution in [3.8, 4) is 5.75 Å². The summed E-state index contributed by atoms with van der Waals surface area (Å²) in [6.45, 7) is 1.58. The first kappa shape index (κ1) is 25.9. The highest BCUT2D eigenvalue weighted by Gasteiger charge is 2.23. The first-order valence-corrected chi connectivity index (χ1v) is 13.2. The lowest BCUT2D eigenvalue weighted by molar-refractivity contribution is -0.147. The van der Waals surface area contributed by atoms with Gasteiger partial charge in [0, 0.05) is 10.4 Å². The summed E-state index contributed by atoms with van der Waals surface area (Å²) >= 11 is 13.3. The molecule has 0 bridgehead atoms. The Balaban J connectivity index is 1.73. The van der Waals surface area contributed by atoms with Gasteiger partial charge in [-0.05, 0) is 71.6 Å². The molecule has 0 aliphatic heterocycles. The van der Waals surface area contributed by atoms with Crippen molar-refractivity contribution in [2.45, 2.75) is 51.0 Å². The average Bonchev–Trinajstić information content (AvgIpc) is 2.85. The van der Waals surface area contributed by atoms with Gasteiger partial charge in [0.25, 0.3) is 5.56 Å². The maximum absolute atomic E-state index is 13.5. The van der Waals surface area contributed by atoms with Crippen LogP contribution in [0.3, 0.4) is 0 Å². The molecule has 1 saturated carbocycles. The molecule has 1 aliphatic rings. The second kappa shape index (κ2) is 11.2. The van der Waals surface area contributed by atoms with E-state index in [2.05, 4.69) is 37.0 Å². The van der Waals surface area contributed by atoms with Gasteiger partial charge >= 0.3 is 5.97 Å². The first-order chi connectivity index (χ1) is 16.8. The van der Waals surface area contributed by atoms with Gasteiger partial charge in [-0.15, -0.1) is 0 Å². The fourth-order valence-corrected chi connectivity index (χ4v) is 5.50. The van der Waals surface area contributed by atoms with Crippen LogP contribution < -0.4 is 10.3 Å². The molecule has 1 aromatic heterocycles. The number of benzene rings is 2. The van der Waals surface area contributed by atoms with E-state index in [0.717, 1.165) is 30.2 Å². The van der Waals surface area contributed by atoms with E-state index in [-0.39, 0.29) is 16.5 Å². The minimum Gasteiger partial charge on any atom is -0.476 e. The number of carbonyl (C=O) groups is 1. The number of aromatic nitrogens is 2. The van der Waals surface area contributed by atoms with E-state index < -0.39 is 12.1 Å². The molecule has 1 aliphatic carbocycles. The third-order valence-electron chi connectivity index (χ3n) is 5.97. The molecule has 10 heteroatoms. The third kappa shape index (κ3) is 5.78. The van der Waals surface area contributed by atoms with Gasteiger partial charge in [-0.3, -0.25) is 4.79 Å². The van der Waals surface area contributed by atoms with Crippen LogP contribution in [0.5, 0.6) is 5.75 Å². The first-order valence-electron chi connectivity index (χ1n) is 11.3. The largest absolute Gasteiger partial charge is 0.476 e. The Labute approximate surface area is 224 Å². The highest BCUT2D eigenvalue weighted by molar-refractivity contribution is 9.10. The van der Waals surface area contributed by atoms with Gasteiger partial charge in [0.15, 0.2) is 11.9 Å². The highest BCUT2D eigenvalue weighted by atomic mass is 79.9. The van der Waals surface area contributed by atoms with Gasteiger partial charge in [-0.1, -0.05) is 46.8 Å². The summed E-state index contributed by atoms with van der Waals surface area (Å²) in [5.41, 5.74) is 1.10. The van der Waals surface area contributed by atoms with E-state index in [4.69, 9.17) is 26.1 Å². The van der Waals surface area contributed by atoms with Gasteiger partial charge in [-0.2, -0.15) is 9.78 Å². The number of esters is 1. The molecule has 1 fully saturated rings. The Morgan fingerprint density at radius 1 is 1.23 bits per heavy atom. The Morgan fingerprint density at radius 2 is 1.97 bits per heavy atom. The van der Waals surface area contributed by atoms with Crippen molar-refractivity contribution in [3.63, 3.8) is 0 Å². The quantitative estimate of drug-likeness (QED) is 0.233. The molecule has 0 N–H and O–H groups in total. The summed E-state index contributed by atoms with van der Waals surface area (Å²) in [6, 6.07) is 8.92. The average molecular weight is 626 g/mol. The summed E-state index contributed by atoms with van der Waals surface area (Å²) in [5, 5.41) is 5.34. The molecule has 3 aromatic rings. The lowest BCUT2D eigenvalue weighted by Crippen LogP contribution is -2.25. The molecule has 0 radical (unpaired) electrons. The molecule has 0 unspecified atom stereocenters. The predicted octanol–water partition coefficient (Wildman–Crippen LogP) is 6.45. The summed E-state index contributed by atoms with van der Waals surface area (Å²) in [7, 11) is 1.29. The van der Waals surface area contributed by atoms with Crippen LogP contribution in [-0.4, -0.2) is 35.1 Å². The molecule has 1 atom stereocenters. The van der Waals surface area contributed by atoms with Gasteiger partial charge in [0.05, 0.1) is 33.7 Å². The van der Waals surface area contributed by atoms with Crippen molar-refractivity contribution in [3.05, 3.63) is 66.0 Å². The van der Waals surface area contributed by atoms with Gasteiger partial charge in [0.1, 0.15) is 5.82 Å². The van der Waals surface area contributed by atoms with Crippen molar-refractivity contribution in [1.82, 2.24) is 9.66 Å². The van der Waals surface area contributed by atoms with Crippen LogP contribution in [0, 0.1) is 0 Å². The van der Waals surface area contributed by atoms with Crippen LogP contribution in [-0.2, 0) is 9.53 Å². The molecule has 184 valence electrons. The molecule has 0 saturated heterocycles. The van der Waals surface area contributed by atoms with Gasteiger partial charge in [-0.25, -0.2) is 9.78 Å². The van der Waals surface area contributed by atoms with Crippen LogP contribution in [0.1, 0.15) is 56.3 Å². The van der Waals surface area contributed by atoms with Crippen LogP contribution in [0.4, 0.5) is 0 Å². The minimum atomic E-state index is -0.826.